The molecule has 0 aromatic heterocycles. The average molecular weight is 200 g/mol. The van der Waals surface area contributed by atoms with Crippen molar-refractivity contribution >= 4 is 5.97 Å². The van der Waals surface area contributed by atoms with Gasteiger partial charge in [0.2, 0.25) is 0 Å². The van der Waals surface area contributed by atoms with E-state index in [2.05, 4.69) is 6.92 Å². The Morgan fingerprint density at radius 1 is 1.57 bits per heavy atom. The lowest BCUT2D eigenvalue weighted by molar-refractivity contribution is -0.144. The van der Waals surface area contributed by atoms with Crippen LogP contribution in [0, 0.1) is 5.92 Å². The molecule has 2 rings (SSSR count). The van der Waals surface area contributed by atoms with Crippen molar-refractivity contribution in [3.63, 3.8) is 0 Å². The van der Waals surface area contributed by atoms with E-state index in [0.717, 1.165) is 0 Å². The van der Waals surface area contributed by atoms with Gasteiger partial charge in [0.1, 0.15) is 5.60 Å². The fourth-order valence-corrected chi connectivity index (χ4v) is 2.04. The zero-order valence-electron chi connectivity index (χ0n) is 8.78. The predicted molar refractivity (Wildman–Crippen MR) is 48.8 cm³/mol. The van der Waals surface area contributed by atoms with Crippen LogP contribution in [0.3, 0.4) is 0 Å². The number of carbonyl (C=O) groups excluding carboxylic acids is 1. The topological polar surface area (TPSA) is 48.1 Å². The Bertz CT molecular complexity index is 253. The van der Waals surface area contributed by atoms with E-state index in [-0.39, 0.29) is 23.6 Å². The Morgan fingerprint density at radius 2 is 2.29 bits per heavy atom. The molecule has 4 nitrogen and oxygen atoms in total. The Labute approximate surface area is 83.5 Å². The molecule has 2 aliphatic heterocycles. The van der Waals surface area contributed by atoms with Crippen LogP contribution < -0.4 is 0 Å². The summed E-state index contributed by atoms with van der Waals surface area (Å²) in [6.07, 6.45) is -0.239. The van der Waals surface area contributed by atoms with Gasteiger partial charge in [0.05, 0.1) is 19.3 Å². The van der Waals surface area contributed by atoms with Crippen LogP contribution in [0.4, 0.5) is 0 Å². The summed E-state index contributed by atoms with van der Waals surface area (Å²) >= 11 is 0. The summed E-state index contributed by atoms with van der Waals surface area (Å²) in [5.74, 6) is 0.00829. The van der Waals surface area contributed by atoms with E-state index in [1.54, 1.807) is 6.92 Å². The molecule has 0 aliphatic carbocycles. The van der Waals surface area contributed by atoms with Crippen LogP contribution in [0.15, 0.2) is 0 Å². The highest BCUT2D eigenvalue weighted by molar-refractivity contribution is 5.79. The molecule has 0 bridgehead atoms. The quantitative estimate of drug-likeness (QED) is 0.487. The second kappa shape index (κ2) is 3.21. The maximum Gasteiger partial charge on any atom is 0.338 e. The molecule has 0 saturated carbocycles. The minimum absolute atomic E-state index is 0.162. The molecule has 14 heavy (non-hydrogen) atoms. The van der Waals surface area contributed by atoms with E-state index < -0.39 is 6.10 Å². The van der Waals surface area contributed by atoms with Gasteiger partial charge in [-0.15, -0.1) is 0 Å². The highest BCUT2D eigenvalue weighted by Gasteiger charge is 2.68. The number of ether oxygens (including phenoxy) is 3. The normalized spacial score (nSPS) is 45.5. The number of hydrogen-bond donors (Lipinski definition) is 0. The van der Waals surface area contributed by atoms with Gasteiger partial charge in [-0.1, -0.05) is 6.92 Å². The van der Waals surface area contributed by atoms with E-state index in [1.165, 1.54) is 0 Å². The number of carbonyl (C=O) groups is 1. The second-order valence-electron chi connectivity index (χ2n) is 4.01. The number of rotatable bonds is 2. The smallest absolute Gasteiger partial charge is 0.338 e. The van der Waals surface area contributed by atoms with Crippen molar-refractivity contribution in [1.82, 2.24) is 0 Å². The van der Waals surface area contributed by atoms with Gasteiger partial charge in [-0.25, -0.2) is 4.79 Å². The molecule has 2 aliphatic rings. The molecular weight excluding hydrogens is 184 g/mol. The molecule has 1 spiro atoms. The summed E-state index contributed by atoms with van der Waals surface area (Å²) < 4.78 is 15.8. The minimum Gasteiger partial charge on any atom is -0.464 e. The van der Waals surface area contributed by atoms with Crippen molar-refractivity contribution in [2.75, 3.05) is 13.2 Å². The zero-order valence-corrected chi connectivity index (χ0v) is 8.78. The van der Waals surface area contributed by atoms with Crippen LogP contribution in [-0.4, -0.2) is 37.0 Å². The second-order valence-corrected chi connectivity index (χ2v) is 4.01. The maximum atomic E-state index is 11.4. The Balaban J connectivity index is 2.00. The molecular formula is C10H16O4. The van der Waals surface area contributed by atoms with Gasteiger partial charge < -0.3 is 14.2 Å². The molecule has 2 saturated heterocycles. The first kappa shape index (κ1) is 9.93. The third-order valence-corrected chi connectivity index (χ3v) is 3.27. The third-order valence-electron chi connectivity index (χ3n) is 3.27. The van der Waals surface area contributed by atoms with Crippen LogP contribution in [0.5, 0.6) is 0 Å². The van der Waals surface area contributed by atoms with E-state index in [0.29, 0.717) is 13.2 Å². The van der Waals surface area contributed by atoms with Crippen LogP contribution in [-0.2, 0) is 19.0 Å². The Hall–Kier alpha value is -0.610. The molecule has 0 aromatic rings. The van der Waals surface area contributed by atoms with Crippen molar-refractivity contribution in [2.24, 2.45) is 5.92 Å². The van der Waals surface area contributed by atoms with Gasteiger partial charge in [-0.05, 0) is 13.8 Å². The van der Waals surface area contributed by atoms with Crippen molar-refractivity contribution in [2.45, 2.75) is 38.6 Å². The van der Waals surface area contributed by atoms with E-state index in [1.807, 2.05) is 6.92 Å². The van der Waals surface area contributed by atoms with E-state index in [9.17, 15) is 4.79 Å². The Kier molecular flexibility index (Phi) is 2.27. The fraction of sp³-hybridized carbons (Fsp3) is 0.900. The highest BCUT2D eigenvalue weighted by Crippen LogP contribution is 2.49. The average Bonchev–Trinajstić information content (AvgIpc) is 2.83. The monoisotopic (exact) mass is 200 g/mol. The Morgan fingerprint density at radius 3 is 2.79 bits per heavy atom. The van der Waals surface area contributed by atoms with E-state index >= 15 is 0 Å². The minimum atomic E-state index is -0.401. The van der Waals surface area contributed by atoms with Crippen LogP contribution in [0.25, 0.3) is 0 Å². The van der Waals surface area contributed by atoms with Crippen LogP contribution in [0.2, 0.25) is 0 Å². The lowest BCUT2D eigenvalue weighted by Crippen LogP contribution is -2.29. The maximum absolute atomic E-state index is 11.4. The lowest BCUT2D eigenvalue weighted by Gasteiger charge is -2.10. The zero-order chi connectivity index (χ0) is 10.3. The molecule has 4 unspecified atom stereocenters. The first-order chi connectivity index (χ1) is 6.62. The number of epoxide rings is 1. The molecule has 80 valence electrons. The predicted octanol–water partition coefficient (Wildman–Crippen LogP) is 0.742. The molecule has 4 atom stereocenters. The molecule has 0 radical (unpaired) electrons. The standard InChI is InChI=1S/C10H16O4/c1-4-12-9(11)8-10(14-8)5-13-7(3)6(10)2/h6-8H,4-5H2,1-3H3. The highest BCUT2D eigenvalue weighted by atomic mass is 16.7. The van der Waals surface area contributed by atoms with Crippen molar-refractivity contribution in [3.8, 4) is 0 Å². The number of hydrogen-bond acceptors (Lipinski definition) is 4. The first-order valence-corrected chi connectivity index (χ1v) is 5.08. The summed E-state index contributed by atoms with van der Waals surface area (Å²) in [5, 5.41) is 0. The molecule has 0 N–H and O–H groups in total. The molecule has 2 heterocycles. The summed E-state index contributed by atoms with van der Waals surface area (Å²) in [6.45, 7) is 6.77. The van der Waals surface area contributed by atoms with Gasteiger partial charge in [-0.3, -0.25) is 0 Å². The molecule has 0 aromatic carbocycles. The van der Waals surface area contributed by atoms with Crippen LogP contribution >= 0.6 is 0 Å². The van der Waals surface area contributed by atoms with Gasteiger partial charge in [0.25, 0.3) is 0 Å². The van der Waals surface area contributed by atoms with Crippen molar-refractivity contribution in [1.29, 1.82) is 0 Å². The van der Waals surface area contributed by atoms with Crippen LogP contribution in [0.1, 0.15) is 20.8 Å². The van der Waals surface area contributed by atoms with E-state index in [4.69, 9.17) is 14.2 Å². The lowest BCUT2D eigenvalue weighted by atomic mass is 9.90. The molecule has 0 amide bonds. The van der Waals surface area contributed by atoms with Crippen molar-refractivity contribution < 1.29 is 19.0 Å². The summed E-state index contributed by atoms with van der Waals surface area (Å²) in [7, 11) is 0. The van der Waals surface area contributed by atoms with Gasteiger partial charge in [-0.2, -0.15) is 0 Å². The number of esters is 1. The summed E-state index contributed by atoms with van der Waals surface area (Å²) in [5.41, 5.74) is -0.383. The fourth-order valence-electron chi connectivity index (χ4n) is 2.04. The SMILES string of the molecule is CCOC(=O)C1OC12COC(C)C2C. The van der Waals surface area contributed by atoms with Gasteiger partial charge in [0.15, 0.2) is 6.10 Å². The van der Waals surface area contributed by atoms with Crippen molar-refractivity contribution in [3.05, 3.63) is 0 Å². The summed E-state index contributed by atoms with van der Waals surface area (Å²) in [6, 6.07) is 0. The van der Waals surface area contributed by atoms with Gasteiger partial charge >= 0.3 is 5.97 Å². The molecule has 4 heteroatoms. The first-order valence-electron chi connectivity index (χ1n) is 5.08. The summed E-state index contributed by atoms with van der Waals surface area (Å²) in [4.78, 5) is 11.4. The largest absolute Gasteiger partial charge is 0.464 e. The molecule has 2 fully saturated rings. The third kappa shape index (κ3) is 1.25. The van der Waals surface area contributed by atoms with Gasteiger partial charge in [0, 0.05) is 5.92 Å².